The van der Waals surface area contributed by atoms with E-state index in [9.17, 15) is 4.39 Å². The molecule has 0 amide bonds. The standard InChI is InChI=1S/C14H12BrCl2FN2/c15-10-6-8(4-5-11(10)16)13(20-19)7-9-2-1-3-12(17)14(9)18/h1-6,13,20H,7,19H2. The van der Waals surface area contributed by atoms with Gasteiger partial charge in [0.1, 0.15) is 5.82 Å². The lowest BCUT2D eigenvalue weighted by molar-refractivity contribution is 0.529. The number of nitrogens with two attached hydrogens (primary N) is 1. The van der Waals surface area contributed by atoms with E-state index in [4.69, 9.17) is 29.0 Å². The Kier molecular flexibility index (Phi) is 5.41. The van der Waals surface area contributed by atoms with Gasteiger partial charge >= 0.3 is 0 Å². The van der Waals surface area contributed by atoms with Crippen molar-refractivity contribution in [2.75, 3.05) is 0 Å². The van der Waals surface area contributed by atoms with Crippen LogP contribution in [0.1, 0.15) is 17.2 Å². The largest absolute Gasteiger partial charge is 0.271 e. The maximum absolute atomic E-state index is 13.9. The van der Waals surface area contributed by atoms with Crippen LogP contribution in [-0.4, -0.2) is 0 Å². The first-order valence-corrected chi connectivity index (χ1v) is 7.41. The van der Waals surface area contributed by atoms with Crippen LogP contribution in [-0.2, 0) is 6.42 Å². The van der Waals surface area contributed by atoms with E-state index in [-0.39, 0.29) is 11.1 Å². The Balaban J connectivity index is 2.28. The van der Waals surface area contributed by atoms with E-state index in [1.54, 1.807) is 18.2 Å². The van der Waals surface area contributed by atoms with Gasteiger partial charge in [-0.25, -0.2) is 4.39 Å². The van der Waals surface area contributed by atoms with Crippen LogP contribution < -0.4 is 11.3 Å². The number of rotatable bonds is 4. The summed E-state index contributed by atoms with van der Waals surface area (Å²) in [5.74, 6) is 5.16. The highest BCUT2D eigenvalue weighted by molar-refractivity contribution is 9.10. The molecule has 1 atom stereocenters. The van der Waals surface area contributed by atoms with Gasteiger partial charge in [-0.1, -0.05) is 41.4 Å². The SMILES string of the molecule is NNC(Cc1cccc(Cl)c1F)c1ccc(Cl)c(Br)c1. The fourth-order valence-electron chi connectivity index (χ4n) is 1.93. The molecule has 0 aliphatic heterocycles. The molecule has 20 heavy (non-hydrogen) atoms. The number of hydrogen-bond donors (Lipinski definition) is 2. The van der Waals surface area contributed by atoms with E-state index in [0.717, 1.165) is 10.0 Å². The lowest BCUT2D eigenvalue weighted by atomic mass is 9.99. The van der Waals surface area contributed by atoms with Crippen molar-refractivity contribution in [3.05, 3.63) is 67.9 Å². The molecule has 0 saturated carbocycles. The molecule has 106 valence electrons. The average Bonchev–Trinajstić information content (AvgIpc) is 2.44. The second kappa shape index (κ2) is 6.87. The predicted molar refractivity (Wildman–Crippen MR) is 84.3 cm³/mol. The maximum atomic E-state index is 13.9. The molecule has 0 bridgehead atoms. The van der Waals surface area contributed by atoms with Crippen molar-refractivity contribution in [3.63, 3.8) is 0 Å². The van der Waals surface area contributed by atoms with Crippen LogP contribution in [0.5, 0.6) is 0 Å². The minimum Gasteiger partial charge on any atom is -0.271 e. The van der Waals surface area contributed by atoms with Crippen LogP contribution >= 0.6 is 39.1 Å². The smallest absolute Gasteiger partial charge is 0.145 e. The van der Waals surface area contributed by atoms with Gasteiger partial charge in [0.2, 0.25) is 0 Å². The third-order valence-corrected chi connectivity index (χ3v) is 4.51. The quantitative estimate of drug-likeness (QED) is 0.601. The summed E-state index contributed by atoms with van der Waals surface area (Å²) in [5.41, 5.74) is 4.10. The maximum Gasteiger partial charge on any atom is 0.145 e. The second-order valence-corrected chi connectivity index (χ2v) is 5.98. The molecule has 2 rings (SSSR count). The summed E-state index contributed by atoms with van der Waals surface area (Å²) in [6.07, 6.45) is 0.386. The van der Waals surface area contributed by atoms with E-state index >= 15 is 0 Å². The zero-order valence-corrected chi connectivity index (χ0v) is 13.4. The highest BCUT2D eigenvalue weighted by Crippen LogP contribution is 2.28. The summed E-state index contributed by atoms with van der Waals surface area (Å²) in [7, 11) is 0. The molecular formula is C14H12BrCl2FN2. The van der Waals surface area contributed by atoms with Crippen molar-refractivity contribution in [2.24, 2.45) is 5.84 Å². The van der Waals surface area contributed by atoms with Gasteiger partial charge in [-0.3, -0.25) is 11.3 Å². The Labute approximate surface area is 135 Å². The van der Waals surface area contributed by atoms with Crippen molar-refractivity contribution >= 4 is 39.1 Å². The summed E-state index contributed by atoms with van der Waals surface area (Å²) in [6.45, 7) is 0. The number of benzene rings is 2. The third kappa shape index (κ3) is 3.51. The molecule has 3 N–H and O–H groups in total. The third-order valence-electron chi connectivity index (χ3n) is 3.00. The van der Waals surface area contributed by atoms with Crippen molar-refractivity contribution in [1.82, 2.24) is 5.43 Å². The number of hydrazine groups is 1. The number of halogens is 4. The molecule has 0 saturated heterocycles. The number of hydrogen-bond acceptors (Lipinski definition) is 2. The van der Waals surface area contributed by atoms with E-state index in [1.807, 2.05) is 12.1 Å². The Hall–Kier alpha value is -0.650. The van der Waals surface area contributed by atoms with Gasteiger partial charge in [0.05, 0.1) is 16.1 Å². The molecule has 0 fully saturated rings. The number of nitrogens with one attached hydrogen (secondary N) is 1. The highest BCUT2D eigenvalue weighted by Gasteiger charge is 2.15. The van der Waals surface area contributed by atoms with Crippen LogP contribution in [0, 0.1) is 5.82 Å². The first-order chi connectivity index (χ1) is 9.52. The van der Waals surface area contributed by atoms with Gasteiger partial charge in [0.25, 0.3) is 0 Å². The molecule has 0 radical (unpaired) electrons. The van der Waals surface area contributed by atoms with Crippen LogP contribution in [0.25, 0.3) is 0 Å². The topological polar surface area (TPSA) is 38.0 Å². The van der Waals surface area contributed by atoms with Crippen molar-refractivity contribution in [3.8, 4) is 0 Å². The predicted octanol–water partition coefficient (Wildman–Crippen LogP) is 4.64. The van der Waals surface area contributed by atoms with Crippen LogP contribution in [0.3, 0.4) is 0 Å². The molecule has 2 aromatic rings. The molecule has 0 aliphatic rings. The average molecular weight is 378 g/mol. The molecular weight excluding hydrogens is 366 g/mol. The summed E-state index contributed by atoms with van der Waals surface area (Å²) < 4.78 is 14.7. The fraction of sp³-hybridized carbons (Fsp3) is 0.143. The molecule has 6 heteroatoms. The van der Waals surface area contributed by atoms with E-state index < -0.39 is 5.82 Å². The lowest BCUT2D eigenvalue weighted by Crippen LogP contribution is -2.29. The normalized spacial score (nSPS) is 12.4. The summed E-state index contributed by atoms with van der Waals surface area (Å²) in [4.78, 5) is 0. The van der Waals surface area contributed by atoms with Crippen molar-refractivity contribution in [1.29, 1.82) is 0 Å². The molecule has 0 spiro atoms. The van der Waals surface area contributed by atoms with Crippen molar-refractivity contribution in [2.45, 2.75) is 12.5 Å². The Bertz CT molecular complexity index is 622. The van der Waals surface area contributed by atoms with Crippen LogP contribution in [0.4, 0.5) is 4.39 Å². The van der Waals surface area contributed by atoms with E-state index in [0.29, 0.717) is 17.0 Å². The van der Waals surface area contributed by atoms with Gasteiger partial charge in [-0.15, -0.1) is 0 Å². The van der Waals surface area contributed by atoms with E-state index in [2.05, 4.69) is 21.4 Å². The second-order valence-electron chi connectivity index (χ2n) is 4.31. The molecule has 1 unspecified atom stereocenters. The van der Waals surface area contributed by atoms with Gasteiger partial charge in [-0.05, 0) is 51.7 Å². The van der Waals surface area contributed by atoms with Crippen LogP contribution in [0.2, 0.25) is 10.0 Å². The molecule has 2 nitrogen and oxygen atoms in total. The Morgan fingerprint density at radius 3 is 2.60 bits per heavy atom. The molecule has 0 aromatic heterocycles. The van der Waals surface area contributed by atoms with Gasteiger partial charge in [0, 0.05) is 4.47 Å². The Morgan fingerprint density at radius 2 is 1.95 bits per heavy atom. The highest BCUT2D eigenvalue weighted by atomic mass is 79.9. The molecule has 0 aliphatic carbocycles. The summed E-state index contributed by atoms with van der Waals surface area (Å²) in [6, 6.07) is 10.2. The minimum atomic E-state index is -0.414. The summed E-state index contributed by atoms with van der Waals surface area (Å²) in [5, 5.41) is 0.717. The summed E-state index contributed by atoms with van der Waals surface area (Å²) >= 11 is 15.1. The molecule has 2 aromatic carbocycles. The van der Waals surface area contributed by atoms with Crippen molar-refractivity contribution < 1.29 is 4.39 Å². The van der Waals surface area contributed by atoms with Crippen LogP contribution in [0.15, 0.2) is 40.9 Å². The Morgan fingerprint density at radius 1 is 1.20 bits per heavy atom. The lowest BCUT2D eigenvalue weighted by Gasteiger charge is -2.17. The molecule has 0 heterocycles. The van der Waals surface area contributed by atoms with Gasteiger partial charge in [-0.2, -0.15) is 0 Å². The van der Waals surface area contributed by atoms with Gasteiger partial charge < -0.3 is 0 Å². The monoisotopic (exact) mass is 376 g/mol. The van der Waals surface area contributed by atoms with Gasteiger partial charge in [0.15, 0.2) is 0 Å². The van der Waals surface area contributed by atoms with E-state index in [1.165, 1.54) is 6.07 Å². The first-order valence-electron chi connectivity index (χ1n) is 5.87. The zero-order valence-electron chi connectivity index (χ0n) is 10.3. The zero-order chi connectivity index (χ0) is 14.7. The minimum absolute atomic E-state index is 0.107. The first kappa shape index (κ1) is 15.7. The fourth-order valence-corrected chi connectivity index (χ4v) is 2.64.